The number of piperidine rings is 1. The zero-order valence-electron chi connectivity index (χ0n) is 9.05. The average molecular weight is 183 g/mol. The molecule has 0 aromatic heterocycles. The lowest BCUT2D eigenvalue weighted by Crippen LogP contribution is -2.39. The molecule has 0 aromatic carbocycles. The first-order valence-electron chi connectivity index (χ1n) is 5.29. The van der Waals surface area contributed by atoms with E-state index in [1.54, 1.807) is 6.92 Å². The number of ketones is 1. The molecule has 0 N–H and O–H groups in total. The van der Waals surface area contributed by atoms with Crippen LogP contribution in [0.25, 0.3) is 0 Å². The van der Waals surface area contributed by atoms with Crippen molar-refractivity contribution in [1.82, 2.24) is 4.90 Å². The molecule has 1 saturated heterocycles. The van der Waals surface area contributed by atoms with E-state index in [1.165, 1.54) is 19.5 Å². The first-order valence-corrected chi connectivity index (χ1v) is 5.29. The number of hydrogen-bond acceptors (Lipinski definition) is 2. The summed E-state index contributed by atoms with van der Waals surface area (Å²) in [5.41, 5.74) is 0. The summed E-state index contributed by atoms with van der Waals surface area (Å²) < 4.78 is 0. The normalized spacial score (nSPS) is 30.4. The molecule has 0 spiro atoms. The van der Waals surface area contributed by atoms with E-state index in [9.17, 15) is 4.79 Å². The number of nitrogens with zero attached hydrogens (tertiary/aromatic N) is 1. The van der Waals surface area contributed by atoms with Crippen LogP contribution in [0.2, 0.25) is 0 Å². The predicted molar refractivity (Wildman–Crippen MR) is 54.7 cm³/mol. The number of Topliss-reactive ketones (excluding diaryl/α,β-unsaturated/α-hetero) is 1. The highest BCUT2D eigenvalue weighted by molar-refractivity contribution is 5.75. The summed E-state index contributed by atoms with van der Waals surface area (Å²) in [7, 11) is 0. The van der Waals surface area contributed by atoms with Crippen LogP contribution in [0, 0.1) is 11.8 Å². The third kappa shape index (κ3) is 3.90. The van der Waals surface area contributed by atoms with Crippen molar-refractivity contribution in [3.63, 3.8) is 0 Å². The molecular formula is C11H21NO. The Balaban J connectivity index is 2.28. The summed E-state index contributed by atoms with van der Waals surface area (Å²) >= 11 is 0. The van der Waals surface area contributed by atoms with Gasteiger partial charge in [-0.15, -0.1) is 0 Å². The Morgan fingerprint density at radius 1 is 1.31 bits per heavy atom. The van der Waals surface area contributed by atoms with Crippen molar-refractivity contribution in [2.24, 2.45) is 11.8 Å². The summed E-state index contributed by atoms with van der Waals surface area (Å²) in [4.78, 5) is 13.3. The number of carbonyl (C=O) groups excluding carboxylic acids is 1. The monoisotopic (exact) mass is 183 g/mol. The molecule has 0 amide bonds. The van der Waals surface area contributed by atoms with Crippen molar-refractivity contribution in [3.8, 4) is 0 Å². The van der Waals surface area contributed by atoms with E-state index in [0.29, 0.717) is 5.78 Å². The molecule has 2 atom stereocenters. The van der Waals surface area contributed by atoms with Crippen LogP contribution in [-0.4, -0.2) is 30.3 Å². The molecule has 2 unspecified atom stereocenters. The molecule has 76 valence electrons. The maximum atomic E-state index is 10.8. The Bertz CT molecular complexity index is 169. The number of carbonyl (C=O) groups is 1. The minimum atomic E-state index is 0.311. The van der Waals surface area contributed by atoms with E-state index >= 15 is 0 Å². The minimum absolute atomic E-state index is 0.311. The third-order valence-corrected chi connectivity index (χ3v) is 2.72. The average Bonchev–Trinajstić information content (AvgIpc) is 1.99. The van der Waals surface area contributed by atoms with Crippen molar-refractivity contribution in [2.45, 2.75) is 33.6 Å². The number of rotatable bonds is 3. The van der Waals surface area contributed by atoms with Crippen LogP contribution in [0.15, 0.2) is 0 Å². The van der Waals surface area contributed by atoms with Gasteiger partial charge in [0.15, 0.2) is 0 Å². The van der Waals surface area contributed by atoms with Gasteiger partial charge in [-0.2, -0.15) is 0 Å². The number of hydrogen-bond donors (Lipinski definition) is 0. The molecule has 0 aliphatic carbocycles. The lowest BCUT2D eigenvalue weighted by molar-refractivity contribution is -0.117. The third-order valence-electron chi connectivity index (χ3n) is 2.72. The molecular weight excluding hydrogens is 162 g/mol. The fraction of sp³-hybridized carbons (Fsp3) is 0.909. The van der Waals surface area contributed by atoms with E-state index in [2.05, 4.69) is 18.7 Å². The molecule has 0 bridgehead atoms. The summed E-state index contributed by atoms with van der Waals surface area (Å²) in [5.74, 6) is 1.91. The highest BCUT2D eigenvalue weighted by Gasteiger charge is 2.21. The van der Waals surface area contributed by atoms with E-state index in [1.807, 2.05) is 0 Å². The second kappa shape index (κ2) is 4.75. The second-order valence-corrected chi connectivity index (χ2v) is 4.66. The van der Waals surface area contributed by atoms with Gasteiger partial charge >= 0.3 is 0 Å². The van der Waals surface area contributed by atoms with Gasteiger partial charge in [-0.25, -0.2) is 0 Å². The highest BCUT2D eigenvalue weighted by Crippen LogP contribution is 2.20. The van der Waals surface area contributed by atoms with Crippen molar-refractivity contribution < 1.29 is 4.79 Å². The SMILES string of the molecule is CC(=O)CCN1CC(C)CC(C)C1. The van der Waals surface area contributed by atoms with Crippen LogP contribution in [-0.2, 0) is 4.79 Å². The largest absolute Gasteiger partial charge is 0.302 e. The minimum Gasteiger partial charge on any atom is -0.302 e. The molecule has 1 heterocycles. The summed E-state index contributed by atoms with van der Waals surface area (Å²) in [6.07, 6.45) is 2.07. The van der Waals surface area contributed by atoms with Gasteiger partial charge in [0, 0.05) is 26.1 Å². The van der Waals surface area contributed by atoms with Gasteiger partial charge in [0.05, 0.1) is 0 Å². The molecule has 2 heteroatoms. The van der Waals surface area contributed by atoms with Crippen molar-refractivity contribution in [2.75, 3.05) is 19.6 Å². The standard InChI is InChI=1S/C11H21NO/c1-9-6-10(2)8-12(7-9)5-4-11(3)13/h9-10H,4-8H2,1-3H3. The smallest absolute Gasteiger partial charge is 0.131 e. The Morgan fingerprint density at radius 3 is 2.31 bits per heavy atom. The summed E-state index contributed by atoms with van der Waals surface area (Å²) in [6, 6.07) is 0. The zero-order valence-corrected chi connectivity index (χ0v) is 9.05. The van der Waals surface area contributed by atoms with Crippen LogP contribution >= 0.6 is 0 Å². The van der Waals surface area contributed by atoms with Crippen molar-refractivity contribution in [1.29, 1.82) is 0 Å². The lowest BCUT2D eigenvalue weighted by Gasteiger charge is -2.34. The van der Waals surface area contributed by atoms with Crippen molar-refractivity contribution >= 4 is 5.78 Å². The van der Waals surface area contributed by atoms with Crippen LogP contribution < -0.4 is 0 Å². The van der Waals surface area contributed by atoms with E-state index < -0.39 is 0 Å². The number of likely N-dealkylation sites (tertiary alicyclic amines) is 1. The fourth-order valence-electron chi connectivity index (χ4n) is 2.29. The lowest BCUT2D eigenvalue weighted by atomic mass is 9.92. The van der Waals surface area contributed by atoms with Gasteiger partial charge < -0.3 is 4.90 Å². The van der Waals surface area contributed by atoms with Crippen molar-refractivity contribution in [3.05, 3.63) is 0 Å². The quantitative estimate of drug-likeness (QED) is 0.666. The van der Waals surface area contributed by atoms with E-state index in [4.69, 9.17) is 0 Å². The van der Waals surface area contributed by atoms with Gasteiger partial charge in [-0.05, 0) is 25.2 Å². The highest BCUT2D eigenvalue weighted by atomic mass is 16.1. The molecule has 0 saturated carbocycles. The Hall–Kier alpha value is -0.370. The summed E-state index contributed by atoms with van der Waals surface area (Å²) in [6.45, 7) is 9.60. The molecule has 0 aromatic rings. The van der Waals surface area contributed by atoms with Gasteiger partial charge in [-0.3, -0.25) is 4.79 Å². The van der Waals surface area contributed by atoms with Crippen LogP contribution in [0.3, 0.4) is 0 Å². The molecule has 2 nitrogen and oxygen atoms in total. The fourth-order valence-corrected chi connectivity index (χ4v) is 2.29. The van der Waals surface area contributed by atoms with Crippen LogP contribution in [0.5, 0.6) is 0 Å². The van der Waals surface area contributed by atoms with E-state index in [0.717, 1.165) is 24.8 Å². The first kappa shape index (κ1) is 10.7. The van der Waals surface area contributed by atoms with E-state index in [-0.39, 0.29) is 0 Å². The molecule has 1 aliphatic heterocycles. The van der Waals surface area contributed by atoms with Crippen LogP contribution in [0.4, 0.5) is 0 Å². The van der Waals surface area contributed by atoms with Gasteiger partial charge in [-0.1, -0.05) is 13.8 Å². The van der Waals surface area contributed by atoms with Gasteiger partial charge in [0.25, 0.3) is 0 Å². The Labute approximate surface area is 81.3 Å². The maximum Gasteiger partial charge on any atom is 0.131 e. The zero-order chi connectivity index (χ0) is 9.84. The van der Waals surface area contributed by atoms with Crippen LogP contribution in [0.1, 0.15) is 33.6 Å². The van der Waals surface area contributed by atoms with Gasteiger partial charge in [0.2, 0.25) is 0 Å². The topological polar surface area (TPSA) is 20.3 Å². The summed E-state index contributed by atoms with van der Waals surface area (Å²) in [5, 5.41) is 0. The molecule has 13 heavy (non-hydrogen) atoms. The van der Waals surface area contributed by atoms with Gasteiger partial charge in [0.1, 0.15) is 5.78 Å². The Kier molecular flexibility index (Phi) is 3.91. The Morgan fingerprint density at radius 2 is 1.85 bits per heavy atom. The molecule has 0 radical (unpaired) electrons. The molecule has 1 aliphatic rings. The first-order chi connectivity index (χ1) is 6.08. The molecule has 1 fully saturated rings. The molecule has 1 rings (SSSR count). The second-order valence-electron chi connectivity index (χ2n) is 4.66. The maximum absolute atomic E-state index is 10.8. The predicted octanol–water partition coefficient (Wildman–Crippen LogP) is 1.94.